The normalized spacial score (nSPS) is 12.0. The van der Waals surface area contributed by atoms with Crippen molar-refractivity contribution < 1.29 is 26.4 Å². The van der Waals surface area contributed by atoms with Crippen LogP contribution in [0.1, 0.15) is 10.4 Å². The van der Waals surface area contributed by atoms with E-state index in [1.807, 2.05) is 18.2 Å². The molecular formula is C33H24F2N4O4S. The lowest BCUT2D eigenvalue weighted by atomic mass is 10.00. The molecule has 2 N–H and O–H groups in total. The maximum atomic E-state index is 14.8. The van der Waals surface area contributed by atoms with Crippen molar-refractivity contribution >= 4 is 65.3 Å². The minimum Gasteiger partial charge on any atom is -0.455 e. The second-order valence-corrected chi connectivity index (χ2v) is 12.5. The van der Waals surface area contributed by atoms with E-state index in [0.717, 1.165) is 15.9 Å². The van der Waals surface area contributed by atoms with Gasteiger partial charge >= 0.3 is 0 Å². The Bertz CT molecular complexity index is 2420. The van der Waals surface area contributed by atoms with Crippen LogP contribution in [0.25, 0.3) is 66.3 Å². The van der Waals surface area contributed by atoms with E-state index in [2.05, 4.69) is 10.3 Å². The van der Waals surface area contributed by atoms with Gasteiger partial charge in [-0.3, -0.25) is 9.10 Å². The van der Waals surface area contributed by atoms with Crippen molar-refractivity contribution in [3.63, 3.8) is 0 Å². The third kappa shape index (κ3) is 4.27. The van der Waals surface area contributed by atoms with Crippen molar-refractivity contribution in [2.24, 2.45) is 0 Å². The zero-order valence-electron chi connectivity index (χ0n) is 23.7. The molecule has 0 aliphatic carbocycles. The van der Waals surface area contributed by atoms with Crippen LogP contribution in [0.2, 0.25) is 0 Å². The van der Waals surface area contributed by atoms with Crippen LogP contribution in [0.15, 0.2) is 83.3 Å². The van der Waals surface area contributed by atoms with Gasteiger partial charge in [0.1, 0.15) is 23.0 Å². The molecule has 7 rings (SSSR count). The van der Waals surface area contributed by atoms with Crippen molar-refractivity contribution in [2.75, 3.05) is 24.7 Å². The molecule has 0 unspecified atom stereocenters. The molecule has 0 bridgehead atoms. The first-order valence-electron chi connectivity index (χ1n) is 13.6. The molecule has 0 saturated heterocycles. The number of amides is 1. The summed E-state index contributed by atoms with van der Waals surface area (Å²) in [7, 11) is -0.833. The van der Waals surface area contributed by atoms with E-state index in [9.17, 15) is 22.0 Å². The van der Waals surface area contributed by atoms with Crippen LogP contribution in [0.5, 0.6) is 0 Å². The van der Waals surface area contributed by atoms with E-state index in [4.69, 9.17) is 9.40 Å². The summed E-state index contributed by atoms with van der Waals surface area (Å²) >= 11 is 0. The third-order valence-corrected chi connectivity index (χ3v) is 9.08. The van der Waals surface area contributed by atoms with E-state index in [0.29, 0.717) is 49.5 Å². The van der Waals surface area contributed by atoms with Gasteiger partial charge in [-0.25, -0.2) is 22.2 Å². The average Bonchev–Trinajstić information content (AvgIpc) is 3.58. The molecule has 0 radical (unpaired) electrons. The molecule has 11 heteroatoms. The summed E-state index contributed by atoms with van der Waals surface area (Å²) < 4.78 is 61.4. The SMILES string of the molecule is CNC(=O)c1c(-c2ccc(F)cc2)oc2cc(N(C)S(C)(=O)=O)c(-c3ccc4ccc5c([nH]c6cccc(F)c65)c4n3)cc12. The summed E-state index contributed by atoms with van der Waals surface area (Å²) in [4.78, 5) is 21.4. The molecule has 7 aromatic rings. The number of pyridine rings is 1. The maximum absolute atomic E-state index is 14.8. The van der Waals surface area contributed by atoms with E-state index >= 15 is 0 Å². The largest absolute Gasteiger partial charge is 0.455 e. The molecule has 4 aromatic carbocycles. The van der Waals surface area contributed by atoms with Crippen LogP contribution < -0.4 is 9.62 Å². The number of benzene rings is 4. The van der Waals surface area contributed by atoms with Gasteiger partial charge in [0, 0.05) is 58.4 Å². The van der Waals surface area contributed by atoms with E-state index in [1.54, 1.807) is 30.3 Å². The van der Waals surface area contributed by atoms with Crippen molar-refractivity contribution in [2.45, 2.75) is 0 Å². The Morgan fingerprint density at radius 2 is 1.73 bits per heavy atom. The number of sulfonamides is 1. The van der Waals surface area contributed by atoms with Gasteiger partial charge in [-0.1, -0.05) is 24.3 Å². The van der Waals surface area contributed by atoms with Crippen LogP contribution in [0, 0.1) is 11.6 Å². The Kier molecular flexibility index (Phi) is 6.19. The van der Waals surface area contributed by atoms with Crippen molar-refractivity contribution in [1.29, 1.82) is 0 Å². The van der Waals surface area contributed by atoms with E-state index in [1.165, 1.54) is 44.4 Å². The fraction of sp³-hybridized carbons (Fsp3) is 0.0909. The summed E-state index contributed by atoms with van der Waals surface area (Å²) in [5.74, 6) is -1.03. The minimum atomic E-state index is -3.74. The summed E-state index contributed by atoms with van der Waals surface area (Å²) in [5, 5.41) is 4.96. The smallest absolute Gasteiger partial charge is 0.255 e. The molecule has 0 aliphatic heterocycles. The first-order valence-corrected chi connectivity index (χ1v) is 15.4. The Labute approximate surface area is 250 Å². The molecule has 1 amide bonds. The van der Waals surface area contributed by atoms with Gasteiger partial charge in [-0.05, 0) is 48.5 Å². The molecule has 0 saturated carbocycles. The van der Waals surface area contributed by atoms with Gasteiger partial charge in [0.2, 0.25) is 10.0 Å². The number of nitrogens with zero attached hydrogens (tertiary/aromatic N) is 2. The molecule has 0 atom stereocenters. The van der Waals surface area contributed by atoms with Gasteiger partial charge in [-0.15, -0.1) is 0 Å². The molecule has 0 fully saturated rings. The average molecular weight is 611 g/mol. The molecular weight excluding hydrogens is 586 g/mol. The lowest BCUT2D eigenvalue weighted by Gasteiger charge is -2.20. The van der Waals surface area contributed by atoms with Crippen molar-refractivity contribution in [3.05, 3.63) is 96.1 Å². The van der Waals surface area contributed by atoms with Crippen LogP contribution in [0.4, 0.5) is 14.5 Å². The number of rotatable bonds is 5. The summed E-state index contributed by atoms with van der Waals surface area (Å²) in [6, 6.07) is 20.9. The predicted molar refractivity (Wildman–Crippen MR) is 168 cm³/mol. The number of aromatic nitrogens is 2. The summed E-state index contributed by atoms with van der Waals surface area (Å²) in [6.07, 6.45) is 1.08. The highest BCUT2D eigenvalue weighted by atomic mass is 32.2. The van der Waals surface area contributed by atoms with Gasteiger partial charge < -0.3 is 14.7 Å². The van der Waals surface area contributed by atoms with Crippen molar-refractivity contribution in [1.82, 2.24) is 15.3 Å². The number of aromatic amines is 1. The second kappa shape index (κ2) is 9.88. The molecule has 220 valence electrons. The monoisotopic (exact) mass is 610 g/mol. The fourth-order valence-electron chi connectivity index (χ4n) is 5.64. The number of furan rings is 1. The maximum Gasteiger partial charge on any atom is 0.255 e. The van der Waals surface area contributed by atoms with Crippen LogP contribution in [-0.2, 0) is 10.0 Å². The molecule has 0 aliphatic rings. The number of fused-ring (bicyclic) bond motifs is 6. The first kappa shape index (κ1) is 27.5. The Hall–Kier alpha value is -5.29. The Balaban J connectivity index is 1.54. The standard InChI is InChI=1S/C33H24F2N4O4S/c1-36-33(40)29-22-15-21(26(39(2)44(3,41)42)16-27(22)43-32(29)18-7-11-19(34)12-8-18)24-14-10-17-9-13-20-28-23(35)5-4-6-25(28)38-31(20)30(17)37-24/h4-16,38H,1-3H3,(H,36,40). The number of carbonyl (C=O) groups is 1. The van der Waals surface area contributed by atoms with E-state index < -0.39 is 21.7 Å². The molecule has 8 nitrogen and oxygen atoms in total. The van der Waals surface area contributed by atoms with Crippen LogP contribution in [-0.4, -0.2) is 44.6 Å². The quantitative estimate of drug-likeness (QED) is 0.219. The number of hydrogen-bond acceptors (Lipinski definition) is 5. The highest BCUT2D eigenvalue weighted by molar-refractivity contribution is 7.92. The molecule has 44 heavy (non-hydrogen) atoms. The zero-order chi connectivity index (χ0) is 30.9. The molecule has 0 spiro atoms. The lowest BCUT2D eigenvalue weighted by molar-refractivity contribution is 0.0964. The van der Waals surface area contributed by atoms with E-state index in [-0.39, 0.29) is 28.4 Å². The Morgan fingerprint density at radius 1 is 0.977 bits per heavy atom. The summed E-state index contributed by atoms with van der Waals surface area (Å²) in [5.41, 5.74) is 3.87. The van der Waals surface area contributed by atoms with Crippen LogP contribution in [0.3, 0.4) is 0 Å². The third-order valence-electron chi connectivity index (χ3n) is 7.88. The number of halogens is 2. The van der Waals surface area contributed by atoms with Gasteiger partial charge in [0.15, 0.2) is 0 Å². The lowest BCUT2D eigenvalue weighted by Crippen LogP contribution is -2.25. The van der Waals surface area contributed by atoms with Crippen molar-refractivity contribution in [3.8, 4) is 22.6 Å². The topological polar surface area (TPSA) is 108 Å². The zero-order valence-corrected chi connectivity index (χ0v) is 24.5. The van der Waals surface area contributed by atoms with Gasteiger partial charge in [0.05, 0.1) is 34.2 Å². The first-order chi connectivity index (χ1) is 21.0. The highest BCUT2D eigenvalue weighted by Crippen LogP contribution is 2.42. The number of nitrogens with one attached hydrogen (secondary N) is 2. The number of carbonyl (C=O) groups excluding carboxylic acids is 1. The summed E-state index contributed by atoms with van der Waals surface area (Å²) in [6.45, 7) is 0. The Morgan fingerprint density at radius 3 is 2.45 bits per heavy atom. The highest BCUT2D eigenvalue weighted by Gasteiger charge is 2.26. The minimum absolute atomic E-state index is 0.206. The second-order valence-electron chi connectivity index (χ2n) is 10.5. The number of anilines is 1. The van der Waals surface area contributed by atoms with Gasteiger partial charge in [0.25, 0.3) is 5.91 Å². The fourth-order valence-corrected chi connectivity index (χ4v) is 6.15. The number of H-pyrrole nitrogens is 1. The predicted octanol–water partition coefficient (Wildman–Crippen LogP) is 6.98. The van der Waals surface area contributed by atoms with Gasteiger partial charge in [-0.2, -0.15) is 0 Å². The molecule has 3 aromatic heterocycles. The van der Waals surface area contributed by atoms with Crippen LogP contribution >= 0.6 is 0 Å². The molecule has 3 heterocycles. The number of hydrogen-bond donors (Lipinski definition) is 2.